The number of nitrogens with zero attached hydrogens (tertiary/aromatic N) is 1. The van der Waals surface area contributed by atoms with Crippen LogP contribution in [0.4, 0.5) is 29.2 Å². The molecule has 11 heteroatoms. The van der Waals surface area contributed by atoms with Gasteiger partial charge in [0, 0.05) is 6.07 Å². The fourth-order valence-corrected chi connectivity index (χ4v) is 4.98. The van der Waals surface area contributed by atoms with E-state index in [-0.39, 0.29) is 46.2 Å². The maximum atomic E-state index is 13.5. The molecule has 0 amide bonds. The van der Waals surface area contributed by atoms with Crippen molar-refractivity contribution in [3.05, 3.63) is 57.8 Å². The number of hydrogen-bond donors (Lipinski definition) is 2. The zero-order valence-electron chi connectivity index (χ0n) is 19.2. The molecule has 0 unspecified atom stereocenters. The lowest BCUT2D eigenvalue weighted by atomic mass is 9.80. The predicted molar refractivity (Wildman–Crippen MR) is 132 cm³/mol. The summed E-state index contributed by atoms with van der Waals surface area (Å²) in [6.07, 6.45) is 0.782. The SMILES string of the molecule is COc1cc2nc(Nc3c(Cl)cc(F)cc3Cl)[nH]c2cc1C(=O)/C=C/CC1CCC(C(F)(F)F)CC1. The number of aromatic amines is 1. The van der Waals surface area contributed by atoms with Gasteiger partial charge in [-0.3, -0.25) is 4.79 Å². The van der Waals surface area contributed by atoms with Gasteiger partial charge >= 0.3 is 6.18 Å². The Morgan fingerprint density at radius 3 is 2.44 bits per heavy atom. The van der Waals surface area contributed by atoms with E-state index < -0.39 is 17.9 Å². The largest absolute Gasteiger partial charge is 0.496 e. The highest BCUT2D eigenvalue weighted by molar-refractivity contribution is 6.39. The average Bonchev–Trinajstić information content (AvgIpc) is 3.21. The first-order valence-electron chi connectivity index (χ1n) is 11.3. The van der Waals surface area contributed by atoms with Crippen molar-refractivity contribution in [2.45, 2.75) is 38.3 Å². The molecule has 1 fully saturated rings. The number of hydrogen-bond acceptors (Lipinski definition) is 4. The minimum Gasteiger partial charge on any atom is -0.496 e. The summed E-state index contributed by atoms with van der Waals surface area (Å²) in [5.41, 5.74) is 1.62. The molecule has 192 valence electrons. The molecule has 0 bridgehead atoms. The third kappa shape index (κ3) is 5.95. The Balaban J connectivity index is 1.47. The van der Waals surface area contributed by atoms with Crippen molar-refractivity contribution < 1.29 is 27.1 Å². The fraction of sp³-hybridized carbons (Fsp3) is 0.360. The molecule has 3 aromatic rings. The average molecular weight is 544 g/mol. The van der Waals surface area contributed by atoms with E-state index in [1.165, 1.54) is 13.2 Å². The summed E-state index contributed by atoms with van der Waals surface area (Å²) >= 11 is 12.2. The smallest absolute Gasteiger partial charge is 0.391 e. The summed E-state index contributed by atoms with van der Waals surface area (Å²) in [5, 5.41) is 3.07. The van der Waals surface area contributed by atoms with Crippen molar-refractivity contribution in [3.63, 3.8) is 0 Å². The Morgan fingerprint density at radius 2 is 1.83 bits per heavy atom. The molecule has 5 nitrogen and oxygen atoms in total. The number of nitrogens with one attached hydrogen (secondary N) is 2. The van der Waals surface area contributed by atoms with Gasteiger partial charge in [0.05, 0.1) is 45.4 Å². The summed E-state index contributed by atoms with van der Waals surface area (Å²) < 4.78 is 57.4. The molecule has 36 heavy (non-hydrogen) atoms. The number of ether oxygens (including phenoxy) is 1. The fourth-order valence-electron chi connectivity index (χ4n) is 4.42. The van der Waals surface area contributed by atoms with Crippen LogP contribution in [0.3, 0.4) is 0 Å². The monoisotopic (exact) mass is 543 g/mol. The van der Waals surface area contributed by atoms with Crippen molar-refractivity contribution in [1.29, 1.82) is 0 Å². The number of anilines is 2. The van der Waals surface area contributed by atoms with Gasteiger partial charge in [-0.1, -0.05) is 29.3 Å². The Labute approximate surface area is 214 Å². The second-order valence-electron chi connectivity index (χ2n) is 8.79. The van der Waals surface area contributed by atoms with Crippen LogP contribution < -0.4 is 10.1 Å². The van der Waals surface area contributed by atoms with E-state index in [9.17, 15) is 22.4 Å². The minimum absolute atomic E-state index is 0.0749. The van der Waals surface area contributed by atoms with Gasteiger partial charge in [0.15, 0.2) is 5.78 Å². The van der Waals surface area contributed by atoms with Crippen LogP contribution in [-0.2, 0) is 0 Å². The Morgan fingerprint density at radius 1 is 1.17 bits per heavy atom. The lowest BCUT2D eigenvalue weighted by Gasteiger charge is -2.29. The Hall–Kier alpha value is -2.78. The van der Waals surface area contributed by atoms with Gasteiger partial charge in [-0.15, -0.1) is 0 Å². The topological polar surface area (TPSA) is 67.0 Å². The van der Waals surface area contributed by atoms with Crippen molar-refractivity contribution in [2.24, 2.45) is 11.8 Å². The molecule has 0 spiro atoms. The Bertz CT molecular complexity index is 1280. The molecule has 2 N–H and O–H groups in total. The number of halogens is 6. The third-order valence-electron chi connectivity index (χ3n) is 6.37. The number of H-pyrrole nitrogens is 1. The van der Waals surface area contributed by atoms with Gasteiger partial charge in [0.25, 0.3) is 0 Å². The standard InChI is InChI=1S/C25H23Cl2F4N3O2/c1-36-22-12-20-19(32-24(33-20)34-23-17(26)9-15(28)10-18(23)27)11-16(22)21(35)4-2-3-13-5-7-14(8-6-13)25(29,30)31/h2,4,9-14H,3,5-8H2,1H3,(H2,32,33,34)/b4-2+. The van der Waals surface area contributed by atoms with Crippen LogP contribution >= 0.6 is 23.2 Å². The number of aromatic nitrogens is 2. The highest BCUT2D eigenvalue weighted by Crippen LogP contribution is 2.40. The van der Waals surface area contributed by atoms with E-state index in [1.54, 1.807) is 18.2 Å². The number of carbonyl (C=O) groups is 1. The first-order valence-corrected chi connectivity index (χ1v) is 12.1. The number of fused-ring (bicyclic) bond motifs is 1. The molecular formula is C25H23Cl2F4N3O2. The Kier molecular flexibility index (Phi) is 7.80. The molecule has 0 aliphatic heterocycles. The minimum atomic E-state index is -4.13. The third-order valence-corrected chi connectivity index (χ3v) is 6.96. The molecule has 0 atom stereocenters. The van der Waals surface area contributed by atoms with Crippen molar-refractivity contribution in [3.8, 4) is 5.75 Å². The summed E-state index contributed by atoms with van der Waals surface area (Å²) in [4.78, 5) is 20.3. The maximum Gasteiger partial charge on any atom is 0.391 e. The first kappa shape index (κ1) is 26.3. The summed E-state index contributed by atoms with van der Waals surface area (Å²) in [7, 11) is 1.44. The number of carbonyl (C=O) groups excluding carboxylic acids is 1. The van der Waals surface area contributed by atoms with Crippen LogP contribution in [0.5, 0.6) is 5.75 Å². The van der Waals surface area contributed by atoms with E-state index in [2.05, 4.69) is 15.3 Å². The number of benzene rings is 2. The van der Waals surface area contributed by atoms with E-state index in [0.717, 1.165) is 12.1 Å². The van der Waals surface area contributed by atoms with E-state index >= 15 is 0 Å². The number of rotatable bonds is 7. The summed E-state index contributed by atoms with van der Waals surface area (Å²) in [6, 6.07) is 5.44. The van der Waals surface area contributed by atoms with E-state index in [0.29, 0.717) is 41.6 Å². The van der Waals surface area contributed by atoms with Crippen molar-refractivity contribution in [2.75, 3.05) is 12.4 Å². The number of methoxy groups -OCH3 is 1. The highest BCUT2D eigenvalue weighted by Gasteiger charge is 2.41. The molecule has 4 rings (SSSR count). The maximum absolute atomic E-state index is 13.5. The molecule has 0 radical (unpaired) electrons. The molecule has 1 aliphatic rings. The van der Waals surface area contributed by atoms with Gasteiger partial charge in [-0.2, -0.15) is 13.2 Å². The van der Waals surface area contributed by atoms with Gasteiger partial charge in [-0.05, 0) is 62.3 Å². The van der Waals surface area contributed by atoms with Crippen LogP contribution in [0.15, 0.2) is 36.4 Å². The molecule has 1 aromatic heterocycles. The number of ketones is 1. The predicted octanol–water partition coefficient (Wildman–Crippen LogP) is 8.26. The van der Waals surface area contributed by atoms with Crippen LogP contribution in [0, 0.1) is 17.7 Å². The zero-order chi connectivity index (χ0) is 26.0. The normalized spacial score (nSPS) is 18.6. The molecule has 1 aliphatic carbocycles. The number of allylic oxidation sites excluding steroid dienone is 2. The van der Waals surface area contributed by atoms with Gasteiger partial charge in [-0.25, -0.2) is 9.37 Å². The van der Waals surface area contributed by atoms with Crippen LogP contribution in [0.1, 0.15) is 42.5 Å². The lowest BCUT2D eigenvalue weighted by Crippen LogP contribution is -2.27. The first-order chi connectivity index (χ1) is 17.0. The molecule has 1 heterocycles. The van der Waals surface area contributed by atoms with Crippen LogP contribution in [0.2, 0.25) is 10.0 Å². The van der Waals surface area contributed by atoms with Gasteiger partial charge < -0.3 is 15.0 Å². The van der Waals surface area contributed by atoms with Gasteiger partial charge in [0.1, 0.15) is 11.6 Å². The zero-order valence-corrected chi connectivity index (χ0v) is 20.7. The highest BCUT2D eigenvalue weighted by atomic mass is 35.5. The van der Waals surface area contributed by atoms with Gasteiger partial charge in [0.2, 0.25) is 5.95 Å². The second-order valence-corrected chi connectivity index (χ2v) is 9.60. The molecule has 2 aromatic carbocycles. The molecule has 1 saturated carbocycles. The summed E-state index contributed by atoms with van der Waals surface area (Å²) in [5.74, 6) is -1.38. The van der Waals surface area contributed by atoms with E-state index in [1.807, 2.05) is 0 Å². The van der Waals surface area contributed by atoms with Crippen molar-refractivity contribution in [1.82, 2.24) is 9.97 Å². The molecular weight excluding hydrogens is 521 g/mol. The summed E-state index contributed by atoms with van der Waals surface area (Å²) in [6.45, 7) is 0. The van der Waals surface area contributed by atoms with Crippen LogP contribution in [-0.4, -0.2) is 29.0 Å². The quantitative estimate of drug-likeness (QED) is 0.179. The molecule has 0 saturated heterocycles. The van der Waals surface area contributed by atoms with E-state index in [4.69, 9.17) is 27.9 Å². The number of alkyl halides is 3. The van der Waals surface area contributed by atoms with Crippen LogP contribution in [0.25, 0.3) is 11.0 Å². The van der Waals surface area contributed by atoms with Crippen molar-refractivity contribution >= 4 is 51.7 Å². The lowest BCUT2D eigenvalue weighted by molar-refractivity contribution is -0.183. The second kappa shape index (κ2) is 10.7. The number of imidazole rings is 1.